The summed E-state index contributed by atoms with van der Waals surface area (Å²) in [5.74, 6) is 0.791. The van der Waals surface area contributed by atoms with Gasteiger partial charge in [-0.2, -0.15) is 0 Å². The molecule has 22 heavy (non-hydrogen) atoms. The zero-order valence-electron chi connectivity index (χ0n) is 13.5. The minimum atomic E-state index is 0. The molecule has 1 aliphatic rings. The molecule has 1 heterocycles. The first-order valence-corrected chi connectivity index (χ1v) is 7.90. The van der Waals surface area contributed by atoms with Crippen molar-refractivity contribution in [3.05, 3.63) is 35.9 Å². The van der Waals surface area contributed by atoms with Gasteiger partial charge in [0.05, 0.1) is 12.6 Å². The van der Waals surface area contributed by atoms with E-state index in [-0.39, 0.29) is 24.4 Å². The van der Waals surface area contributed by atoms with Gasteiger partial charge in [-0.1, -0.05) is 30.3 Å². The lowest BCUT2D eigenvalue weighted by Crippen LogP contribution is -2.44. The maximum atomic E-state index is 12.2. The van der Waals surface area contributed by atoms with Gasteiger partial charge in [-0.25, -0.2) is 0 Å². The number of hydrogen-bond donors (Lipinski definition) is 2. The van der Waals surface area contributed by atoms with E-state index in [2.05, 4.69) is 27.7 Å². The molecular weight excluding hydrogens is 298 g/mol. The summed E-state index contributed by atoms with van der Waals surface area (Å²) in [5, 5.41) is 6.33. The average Bonchev–Trinajstić information content (AvgIpc) is 2.48. The fraction of sp³-hybridized carbons (Fsp3) is 0.588. The number of carbonyl (C=O) groups excluding carboxylic acids is 1. The van der Waals surface area contributed by atoms with Crippen LogP contribution in [0.2, 0.25) is 0 Å². The maximum absolute atomic E-state index is 12.2. The molecule has 0 spiro atoms. The van der Waals surface area contributed by atoms with E-state index in [1.54, 1.807) is 0 Å². The minimum Gasteiger partial charge on any atom is -0.348 e. The second kappa shape index (κ2) is 9.82. The van der Waals surface area contributed by atoms with Crippen molar-refractivity contribution in [2.45, 2.75) is 25.8 Å². The molecule has 5 heteroatoms. The lowest BCUT2D eigenvalue weighted by molar-refractivity contribution is -0.123. The summed E-state index contributed by atoms with van der Waals surface area (Å²) in [6.45, 7) is 5.64. The number of carbonyl (C=O) groups is 1. The largest absolute Gasteiger partial charge is 0.348 e. The van der Waals surface area contributed by atoms with Gasteiger partial charge in [-0.3, -0.25) is 9.69 Å². The lowest BCUT2D eigenvalue weighted by atomic mass is 9.98. The number of amides is 1. The number of rotatable bonds is 6. The van der Waals surface area contributed by atoms with Gasteiger partial charge in [0.2, 0.25) is 5.91 Å². The first-order chi connectivity index (χ1) is 10.2. The molecule has 4 nitrogen and oxygen atoms in total. The topological polar surface area (TPSA) is 44.4 Å². The molecule has 1 aromatic rings. The molecule has 2 N–H and O–H groups in total. The highest BCUT2D eigenvalue weighted by Crippen LogP contribution is 2.16. The van der Waals surface area contributed by atoms with E-state index in [4.69, 9.17) is 0 Å². The van der Waals surface area contributed by atoms with Crippen LogP contribution in [0.5, 0.6) is 0 Å². The van der Waals surface area contributed by atoms with Gasteiger partial charge in [0.1, 0.15) is 0 Å². The standard InChI is InChI=1S/C17H27N3O.ClH/c1-14(16-8-4-3-5-9-16)19-17(21)13-20-10-6-7-15(12-20)11-18-2;/h3-5,8-9,14-15,18H,6-7,10-13H2,1-2H3,(H,19,21);1H. The number of piperidine rings is 1. The van der Waals surface area contributed by atoms with Crippen molar-refractivity contribution in [1.82, 2.24) is 15.5 Å². The van der Waals surface area contributed by atoms with Crippen molar-refractivity contribution in [3.8, 4) is 0 Å². The molecule has 124 valence electrons. The normalized spacial score (nSPS) is 20.0. The Morgan fingerprint density at radius 1 is 1.36 bits per heavy atom. The molecule has 2 rings (SSSR count). The summed E-state index contributed by atoms with van der Waals surface area (Å²) in [6.07, 6.45) is 2.45. The average molecular weight is 326 g/mol. The third-order valence-corrected chi connectivity index (χ3v) is 4.14. The Balaban J connectivity index is 0.00000242. The number of halogens is 1. The molecular formula is C17H28ClN3O. The van der Waals surface area contributed by atoms with E-state index in [9.17, 15) is 4.79 Å². The summed E-state index contributed by atoms with van der Waals surface area (Å²) in [4.78, 5) is 14.5. The Hall–Kier alpha value is -1.10. The zero-order valence-corrected chi connectivity index (χ0v) is 14.4. The Labute approximate surface area is 140 Å². The third-order valence-electron chi connectivity index (χ3n) is 4.14. The molecule has 0 aromatic heterocycles. The van der Waals surface area contributed by atoms with Gasteiger partial charge in [-0.05, 0) is 51.4 Å². The predicted molar refractivity (Wildman–Crippen MR) is 93.3 cm³/mol. The van der Waals surface area contributed by atoms with Crippen LogP contribution in [0.4, 0.5) is 0 Å². The van der Waals surface area contributed by atoms with Gasteiger partial charge in [0.15, 0.2) is 0 Å². The van der Waals surface area contributed by atoms with Crippen LogP contribution >= 0.6 is 12.4 Å². The van der Waals surface area contributed by atoms with Crippen LogP contribution in [0.25, 0.3) is 0 Å². The fourth-order valence-corrected chi connectivity index (χ4v) is 3.07. The van der Waals surface area contributed by atoms with Gasteiger partial charge in [0.25, 0.3) is 0 Å². The molecule has 2 atom stereocenters. The summed E-state index contributed by atoms with van der Waals surface area (Å²) < 4.78 is 0. The van der Waals surface area contributed by atoms with Crippen LogP contribution in [0.3, 0.4) is 0 Å². The number of nitrogens with zero attached hydrogens (tertiary/aromatic N) is 1. The van der Waals surface area contributed by atoms with Crippen LogP contribution in [-0.4, -0.2) is 44.0 Å². The summed E-state index contributed by atoms with van der Waals surface area (Å²) in [5.41, 5.74) is 1.15. The van der Waals surface area contributed by atoms with Crippen molar-refractivity contribution in [3.63, 3.8) is 0 Å². The monoisotopic (exact) mass is 325 g/mol. The van der Waals surface area contributed by atoms with Crippen LogP contribution in [-0.2, 0) is 4.79 Å². The summed E-state index contributed by atoms with van der Waals surface area (Å²) in [6, 6.07) is 10.2. The van der Waals surface area contributed by atoms with E-state index < -0.39 is 0 Å². The molecule has 0 bridgehead atoms. The first-order valence-electron chi connectivity index (χ1n) is 7.90. The van der Waals surface area contributed by atoms with Crippen molar-refractivity contribution < 1.29 is 4.79 Å². The fourth-order valence-electron chi connectivity index (χ4n) is 3.07. The van der Waals surface area contributed by atoms with Gasteiger partial charge in [-0.15, -0.1) is 12.4 Å². The SMILES string of the molecule is CNCC1CCCN(CC(=O)NC(C)c2ccccc2)C1.Cl. The number of likely N-dealkylation sites (tertiary alicyclic amines) is 1. The zero-order chi connectivity index (χ0) is 15.1. The van der Waals surface area contributed by atoms with Gasteiger partial charge in [0, 0.05) is 6.54 Å². The second-order valence-corrected chi connectivity index (χ2v) is 6.00. The molecule has 1 aromatic carbocycles. The van der Waals surface area contributed by atoms with E-state index in [1.807, 2.05) is 32.2 Å². The second-order valence-electron chi connectivity index (χ2n) is 6.00. The summed E-state index contributed by atoms with van der Waals surface area (Å²) >= 11 is 0. The number of benzene rings is 1. The molecule has 0 radical (unpaired) electrons. The van der Waals surface area contributed by atoms with Gasteiger partial charge < -0.3 is 10.6 Å². The predicted octanol–water partition coefficient (Wildman–Crippen LogP) is 2.22. The third kappa shape index (κ3) is 5.95. The summed E-state index contributed by atoms with van der Waals surface area (Å²) in [7, 11) is 1.99. The van der Waals surface area contributed by atoms with Gasteiger partial charge >= 0.3 is 0 Å². The van der Waals surface area contributed by atoms with E-state index in [0.717, 1.165) is 25.2 Å². The Bertz CT molecular complexity index is 439. The highest BCUT2D eigenvalue weighted by atomic mass is 35.5. The van der Waals surface area contributed by atoms with E-state index in [0.29, 0.717) is 12.5 Å². The highest BCUT2D eigenvalue weighted by molar-refractivity contribution is 5.85. The molecule has 1 fully saturated rings. The maximum Gasteiger partial charge on any atom is 0.234 e. The number of nitrogens with one attached hydrogen (secondary N) is 2. The lowest BCUT2D eigenvalue weighted by Gasteiger charge is -2.32. The molecule has 0 saturated carbocycles. The van der Waals surface area contributed by atoms with E-state index >= 15 is 0 Å². The van der Waals surface area contributed by atoms with Crippen LogP contribution in [0, 0.1) is 5.92 Å². The molecule has 1 amide bonds. The Morgan fingerprint density at radius 3 is 2.77 bits per heavy atom. The van der Waals surface area contributed by atoms with Crippen molar-refractivity contribution in [2.24, 2.45) is 5.92 Å². The highest BCUT2D eigenvalue weighted by Gasteiger charge is 2.21. The number of hydrogen-bond acceptors (Lipinski definition) is 3. The molecule has 0 aliphatic carbocycles. The van der Waals surface area contributed by atoms with E-state index in [1.165, 1.54) is 12.8 Å². The minimum absolute atomic E-state index is 0. The molecule has 1 aliphatic heterocycles. The van der Waals surface area contributed by atoms with Crippen molar-refractivity contribution >= 4 is 18.3 Å². The molecule has 1 saturated heterocycles. The molecule has 2 unspecified atom stereocenters. The first kappa shape index (κ1) is 18.9. The van der Waals surface area contributed by atoms with Crippen molar-refractivity contribution in [2.75, 3.05) is 33.2 Å². The van der Waals surface area contributed by atoms with Crippen molar-refractivity contribution in [1.29, 1.82) is 0 Å². The Kier molecular flexibility index (Phi) is 8.46. The quantitative estimate of drug-likeness (QED) is 0.843. The Morgan fingerprint density at radius 2 is 2.09 bits per heavy atom. The van der Waals surface area contributed by atoms with Crippen LogP contribution < -0.4 is 10.6 Å². The van der Waals surface area contributed by atoms with Crippen LogP contribution in [0.15, 0.2) is 30.3 Å². The van der Waals surface area contributed by atoms with Crippen LogP contribution in [0.1, 0.15) is 31.4 Å². The smallest absolute Gasteiger partial charge is 0.234 e.